The monoisotopic (exact) mass is 378 g/mol. The van der Waals surface area contributed by atoms with Crippen molar-refractivity contribution in [1.82, 2.24) is 9.62 Å². The lowest BCUT2D eigenvalue weighted by atomic mass is 9.66. The van der Waals surface area contributed by atoms with Crippen molar-refractivity contribution in [3.63, 3.8) is 0 Å². The lowest BCUT2D eigenvalue weighted by Gasteiger charge is -2.48. The van der Waals surface area contributed by atoms with E-state index in [1.165, 1.54) is 11.1 Å². The van der Waals surface area contributed by atoms with Crippen molar-refractivity contribution in [2.24, 2.45) is 11.3 Å². The van der Waals surface area contributed by atoms with Crippen molar-refractivity contribution in [2.45, 2.75) is 50.3 Å². The molecular weight excluding hydrogens is 348 g/mol. The molecule has 1 atom stereocenters. The Labute approximate surface area is 157 Å². The van der Waals surface area contributed by atoms with Crippen LogP contribution in [0.4, 0.5) is 0 Å². The van der Waals surface area contributed by atoms with Gasteiger partial charge in [0.05, 0.1) is 7.11 Å². The molecule has 0 radical (unpaired) electrons. The molecule has 1 aliphatic carbocycles. The molecule has 0 amide bonds. The second-order valence-corrected chi connectivity index (χ2v) is 10.2. The number of hydrogen-bond acceptors (Lipinski definition) is 4. The normalized spacial score (nSPS) is 26.0. The van der Waals surface area contributed by atoms with E-state index < -0.39 is 10.0 Å². The zero-order chi connectivity index (χ0) is 18.4. The number of nitrogens with zero attached hydrogens (tertiary/aromatic N) is 1. The van der Waals surface area contributed by atoms with Crippen LogP contribution in [-0.2, 0) is 22.9 Å². The Kier molecular flexibility index (Phi) is 4.78. The van der Waals surface area contributed by atoms with Crippen LogP contribution in [0.15, 0.2) is 17.0 Å². The largest absolute Gasteiger partial charge is 0.495 e. The SMILES string of the molecule is COc1cc2c(cc1S(=O)(=O)N1CCC3(CCNCC3)C(C)C1)CCC2. The van der Waals surface area contributed by atoms with Crippen LogP contribution in [0.1, 0.15) is 43.7 Å². The molecule has 2 heterocycles. The molecule has 4 rings (SSSR count). The Morgan fingerprint density at radius 3 is 2.50 bits per heavy atom. The van der Waals surface area contributed by atoms with Crippen LogP contribution in [-0.4, -0.2) is 46.0 Å². The molecule has 1 spiro atoms. The van der Waals surface area contributed by atoms with E-state index in [0.29, 0.717) is 35.1 Å². The summed E-state index contributed by atoms with van der Waals surface area (Å²) in [5.74, 6) is 0.883. The number of sulfonamides is 1. The van der Waals surface area contributed by atoms with Crippen LogP contribution >= 0.6 is 0 Å². The highest BCUT2D eigenvalue weighted by Gasteiger charge is 2.44. The predicted molar refractivity (Wildman–Crippen MR) is 102 cm³/mol. The first-order valence-electron chi connectivity index (χ1n) is 9.87. The van der Waals surface area contributed by atoms with Crippen molar-refractivity contribution in [3.05, 3.63) is 23.3 Å². The fourth-order valence-corrected chi connectivity index (χ4v) is 6.87. The van der Waals surface area contributed by atoms with Crippen molar-refractivity contribution in [2.75, 3.05) is 33.3 Å². The van der Waals surface area contributed by atoms with E-state index in [9.17, 15) is 8.42 Å². The first kappa shape index (κ1) is 18.3. The Balaban J connectivity index is 1.62. The Bertz CT molecular complexity index is 784. The third kappa shape index (κ3) is 2.96. The van der Waals surface area contributed by atoms with E-state index in [1.54, 1.807) is 11.4 Å². The van der Waals surface area contributed by atoms with Gasteiger partial charge in [-0.1, -0.05) is 6.92 Å². The van der Waals surface area contributed by atoms with Crippen molar-refractivity contribution < 1.29 is 13.2 Å². The summed E-state index contributed by atoms with van der Waals surface area (Å²) < 4.78 is 34.0. The number of nitrogens with one attached hydrogen (secondary N) is 1. The molecule has 0 aromatic heterocycles. The van der Waals surface area contributed by atoms with Gasteiger partial charge in [0.25, 0.3) is 0 Å². The number of fused-ring (bicyclic) bond motifs is 1. The summed E-state index contributed by atoms with van der Waals surface area (Å²) >= 11 is 0. The summed E-state index contributed by atoms with van der Waals surface area (Å²) in [6.45, 7) is 5.56. The maximum Gasteiger partial charge on any atom is 0.246 e. The number of hydrogen-bond donors (Lipinski definition) is 1. The van der Waals surface area contributed by atoms with Crippen molar-refractivity contribution in [1.29, 1.82) is 0 Å². The van der Waals surface area contributed by atoms with Gasteiger partial charge in [-0.05, 0) is 86.2 Å². The first-order valence-corrected chi connectivity index (χ1v) is 11.3. The fourth-order valence-electron chi connectivity index (χ4n) is 5.15. The lowest BCUT2D eigenvalue weighted by Crippen LogP contribution is -2.52. The zero-order valence-electron chi connectivity index (χ0n) is 15.9. The second-order valence-electron chi connectivity index (χ2n) is 8.25. The topological polar surface area (TPSA) is 58.6 Å². The van der Waals surface area contributed by atoms with E-state index >= 15 is 0 Å². The number of ether oxygens (including phenoxy) is 1. The van der Waals surface area contributed by atoms with Crippen LogP contribution in [0, 0.1) is 11.3 Å². The molecule has 2 fully saturated rings. The van der Waals surface area contributed by atoms with E-state index in [-0.39, 0.29) is 0 Å². The van der Waals surface area contributed by atoms with Crippen molar-refractivity contribution >= 4 is 10.0 Å². The number of methoxy groups -OCH3 is 1. The Morgan fingerprint density at radius 2 is 1.85 bits per heavy atom. The Morgan fingerprint density at radius 1 is 1.15 bits per heavy atom. The highest BCUT2D eigenvalue weighted by Crippen LogP contribution is 2.45. The van der Waals surface area contributed by atoms with Gasteiger partial charge in [0.1, 0.15) is 10.6 Å². The van der Waals surface area contributed by atoms with Crippen LogP contribution in [0.3, 0.4) is 0 Å². The van der Waals surface area contributed by atoms with E-state index in [0.717, 1.165) is 51.6 Å². The standard InChI is InChI=1S/C20H30N2O3S/c1-15-14-22(11-8-20(15)6-9-21-10-7-20)26(23,24)19-13-17-5-3-4-16(17)12-18(19)25-2/h12-13,15,21H,3-11,14H2,1-2H3. The van der Waals surface area contributed by atoms with Crippen LogP contribution in [0.5, 0.6) is 5.75 Å². The minimum absolute atomic E-state index is 0.305. The van der Waals surface area contributed by atoms with Gasteiger partial charge in [-0.3, -0.25) is 0 Å². The number of benzene rings is 1. The summed E-state index contributed by atoms with van der Waals surface area (Å²) in [6, 6.07) is 3.81. The third-order valence-electron chi connectivity index (χ3n) is 6.98. The molecule has 1 N–H and O–H groups in total. The van der Waals surface area contributed by atoms with Gasteiger partial charge in [-0.15, -0.1) is 0 Å². The average molecular weight is 379 g/mol. The third-order valence-corrected chi connectivity index (χ3v) is 8.86. The molecule has 3 aliphatic rings. The van der Waals surface area contributed by atoms with E-state index in [1.807, 2.05) is 12.1 Å². The lowest BCUT2D eigenvalue weighted by molar-refractivity contribution is 0.0477. The zero-order valence-corrected chi connectivity index (χ0v) is 16.7. The fraction of sp³-hybridized carbons (Fsp3) is 0.700. The summed E-state index contributed by atoms with van der Waals surface area (Å²) in [6.07, 6.45) is 6.35. The van der Waals surface area contributed by atoms with Gasteiger partial charge < -0.3 is 10.1 Å². The quantitative estimate of drug-likeness (QED) is 0.878. The minimum Gasteiger partial charge on any atom is -0.495 e. The second kappa shape index (κ2) is 6.80. The summed E-state index contributed by atoms with van der Waals surface area (Å²) in [4.78, 5) is 0.356. The van der Waals surface area contributed by atoms with Gasteiger partial charge in [0.15, 0.2) is 0 Å². The van der Waals surface area contributed by atoms with E-state index in [2.05, 4.69) is 12.2 Å². The van der Waals surface area contributed by atoms with Gasteiger partial charge >= 0.3 is 0 Å². The molecule has 26 heavy (non-hydrogen) atoms. The maximum absolute atomic E-state index is 13.4. The predicted octanol–water partition coefficient (Wildman–Crippen LogP) is 2.58. The van der Waals surface area contributed by atoms with Crippen LogP contribution in [0.2, 0.25) is 0 Å². The highest BCUT2D eigenvalue weighted by atomic mass is 32.2. The van der Waals surface area contributed by atoms with Gasteiger partial charge in [0, 0.05) is 13.1 Å². The summed E-state index contributed by atoms with van der Waals surface area (Å²) in [5, 5.41) is 3.43. The molecule has 6 heteroatoms. The van der Waals surface area contributed by atoms with Crippen LogP contribution in [0.25, 0.3) is 0 Å². The molecule has 0 saturated carbocycles. The molecule has 1 aromatic carbocycles. The number of piperidine rings is 2. The smallest absolute Gasteiger partial charge is 0.246 e. The van der Waals surface area contributed by atoms with Gasteiger partial charge in [-0.25, -0.2) is 8.42 Å². The molecule has 5 nitrogen and oxygen atoms in total. The highest BCUT2D eigenvalue weighted by molar-refractivity contribution is 7.89. The molecule has 1 unspecified atom stereocenters. The first-order chi connectivity index (χ1) is 12.5. The molecule has 2 aliphatic heterocycles. The molecule has 144 valence electrons. The van der Waals surface area contributed by atoms with Gasteiger partial charge in [0.2, 0.25) is 10.0 Å². The molecular formula is C20H30N2O3S. The molecule has 2 saturated heterocycles. The Hall–Kier alpha value is -1.11. The number of aryl methyl sites for hydroxylation is 2. The molecule has 1 aromatic rings. The average Bonchev–Trinajstić information content (AvgIpc) is 3.11. The van der Waals surface area contributed by atoms with Crippen molar-refractivity contribution in [3.8, 4) is 5.75 Å². The molecule has 0 bridgehead atoms. The maximum atomic E-state index is 13.4. The van der Waals surface area contributed by atoms with Gasteiger partial charge in [-0.2, -0.15) is 4.31 Å². The minimum atomic E-state index is -3.52. The summed E-state index contributed by atoms with van der Waals surface area (Å²) in [7, 11) is -1.95. The van der Waals surface area contributed by atoms with E-state index in [4.69, 9.17) is 4.74 Å². The number of rotatable bonds is 3. The summed E-state index contributed by atoms with van der Waals surface area (Å²) in [5.41, 5.74) is 2.71. The van der Waals surface area contributed by atoms with Crippen LogP contribution < -0.4 is 10.1 Å².